The van der Waals surface area contributed by atoms with Gasteiger partial charge < -0.3 is 15.3 Å². The molecule has 0 aliphatic heterocycles. The van der Waals surface area contributed by atoms with E-state index in [1.807, 2.05) is 43.3 Å². The van der Waals surface area contributed by atoms with E-state index < -0.39 is 0 Å². The van der Waals surface area contributed by atoms with E-state index in [2.05, 4.69) is 20.8 Å². The summed E-state index contributed by atoms with van der Waals surface area (Å²) in [6.07, 6.45) is 0. The molecule has 0 fully saturated rings. The van der Waals surface area contributed by atoms with E-state index in [9.17, 15) is 5.11 Å². The number of rotatable bonds is 2. The maximum absolute atomic E-state index is 9.63. The van der Waals surface area contributed by atoms with E-state index in [0.717, 1.165) is 20.9 Å². The molecule has 3 rings (SSSR count). The number of benzene rings is 3. The molecule has 0 heterocycles. The lowest BCUT2D eigenvalue weighted by atomic mass is 9.86. The van der Waals surface area contributed by atoms with Gasteiger partial charge in [-0.05, 0) is 78.1 Å². The van der Waals surface area contributed by atoms with E-state index in [0.29, 0.717) is 5.75 Å². The number of hydrogen-bond donors (Lipinski definition) is 3. The van der Waals surface area contributed by atoms with Crippen LogP contribution in [0, 0.1) is 6.92 Å². The largest absolute Gasteiger partial charge is 0.508 e. The zero-order valence-corrected chi connectivity index (χ0v) is 16.9. The fraction of sp³-hybridized carbons (Fsp3) is 0.217. The lowest BCUT2D eigenvalue weighted by molar-refractivity contribution is 0.446. The minimum atomic E-state index is 0.0256. The van der Waals surface area contributed by atoms with Crippen molar-refractivity contribution in [1.29, 1.82) is 0 Å². The Bertz CT molecular complexity index is 820. The Balaban J connectivity index is 0.000000199. The van der Waals surface area contributed by atoms with Crippen LogP contribution in [0.25, 0.3) is 0 Å². The molecule has 3 N–H and O–H groups in total. The van der Waals surface area contributed by atoms with Gasteiger partial charge in [-0.3, -0.25) is 0 Å². The normalized spacial score (nSPS) is 10.8. The van der Waals surface area contributed by atoms with Crippen LogP contribution in [-0.4, -0.2) is 15.3 Å². The Morgan fingerprint density at radius 1 is 0.667 bits per heavy atom. The predicted molar refractivity (Wildman–Crippen MR) is 112 cm³/mol. The topological polar surface area (TPSA) is 60.7 Å². The molecule has 0 amide bonds. The molecule has 0 spiro atoms. The van der Waals surface area contributed by atoms with Gasteiger partial charge in [0.25, 0.3) is 0 Å². The molecule has 0 saturated heterocycles. The van der Waals surface area contributed by atoms with Gasteiger partial charge in [0, 0.05) is 9.79 Å². The lowest BCUT2D eigenvalue weighted by Gasteiger charge is -2.20. The minimum Gasteiger partial charge on any atom is -0.508 e. The third-order valence-electron chi connectivity index (χ3n) is 3.87. The molecule has 27 heavy (non-hydrogen) atoms. The third-order valence-corrected chi connectivity index (χ3v) is 4.89. The summed E-state index contributed by atoms with van der Waals surface area (Å²) in [6, 6.07) is 19.9. The molecule has 0 aliphatic carbocycles. The molecule has 3 aromatic rings. The van der Waals surface area contributed by atoms with Crippen LogP contribution in [-0.2, 0) is 5.41 Å². The maximum Gasteiger partial charge on any atom is 0.119 e. The summed E-state index contributed by atoms with van der Waals surface area (Å²) in [7, 11) is 0. The molecule has 3 nitrogen and oxygen atoms in total. The first-order valence-electron chi connectivity index (χ1n) is 8.71. The molecule has 3 aromatic carbocycles. The van der Waals surface area contributed by atoms with Crippen LogP contribution in [0.2, 0.25) is 0 Å². The average Bonchev–Trinajstić information content (AvgIpc) is 2.58. The molecule has 0 atom stereocenters. The fourth-order valence-electron chi connectivity index (χ4n) is 2.44. The minimum absolute atomic E-state index is 0.0256. The number of aromatic hydroxyl groups is 3. The lowest BCUT2D eigenvalue weighted by Crippen LogP contribution is -2.11. The highest BCUT2D eigenvalue weighted by Gasteiger charge is 2.17. The van der Waals surface area contributed by atoms with Crippen LogP contribution in [0.15, 0.2) is 76.5 Å². The van der Waals surface area contributed by atoms with Crippen molar-refractivity contribution >= 4 is 11.8 Å². The molecule has 0 radical (unpaired) electrons. The second-order valence-electron chi connectivity index (χ2n) is 7.36. The molecule has 4 heteroatoms. The summed E-state index contributed by atoms with van der Waals surface area (Å²) in [6.45, 7) is 8.26. The van der Waals surface area contributed by atoms with Crippen molar-refractivity contribution < 1.29 is 15.3 Å². The highest BCUT2D eigenvalue weighted by atomic mass is 32.2. The van der Waals surface area contributed by atoms with Gasteiger partial charge in [-0.1, -0.05) is 44.7 Å². The molecule has 142 valence electrons. The molecular formula is C23H26O3S. The van der Waals surface area contributed by atoms with Crippen molar-refractivity contribution in [3.63, 3.8) is 0 Å². The predicted octanol–water partition coefficient (Wildman–Crippen LogP) is 6.25. The summed E-state index contributed by atoms with van der Waals surface area (Å²) in [5.41, 5.74) is 2.13. The van der Waals surface area contributed by atoms with E-state index in [1.165, 1.54) is 0 Å². The van der Waals surface area contributed by atoms with E-state index in [1.54, 1.807) is 42.1 Å². The summed E-state index contributed by atoms with van der Waals surface area (Å²) < 4.78 is 0. The number of phenolic OH excluding ortho intramolecular Hbond substituents is 3. The first-order chi connectivity index (χ1) is 12.6. The second-order valence-corrected chi connectivity index (χ2v) is 8.51. The van der Waals surface area contributed by atoms with E-state index in [-0.39, 0.29) is 16.9 Å². The van der Waals surface area contributed by atoms with Crippen molar-refractivity contribution in [2.45, 2.75) is 42.9 Å². The Morgan fingerprint density at radius 2 is 1.11 bits per heavy atom. The molecule has 0 saturated carbocycles. The van der Waals surface area contributed by atoms with Crippen LogP contribution in [0.4, 0.5) is 0 Å². The highest BCUT2D eigenvalue weighted by molar-refractivity contribution is 7.99. The van der Waals surface area contributed by atoms with Gasteiger partial charge in [0.05, 0.1) is 0 Å². The van der Waals surface area contributed by atoms with Crippen LogP contribution >= 0.6 is 11.8 Å². The summed E-state index contributed by atoms with van der Waals surface area (Å²) >= 11 is 1.58. The smallest absolute Gasteiger partial charge is 0.119 e. The van der Waals surface area contributed by atoms with Crippen molar-refractivity contribution in [2.24, 2.45) is 0 Å². The first kappa shape index (κ1) is 20.7. The van der Waals surface area contributed by atoms with E-state index >= 15 is 0 Å². The van der Waals surface area contributed by atoms with Gasteiger partial charge in [-0.25, -0.2) is 0 Å². The highest BCUT2D eigenvalue weighted by Crippen LogP contribution is 2.31. The summed E-state index contributed by atoms with van der Waals surface area (Å²) in [5.74, 6) is 0.942. The van der Waals surface area contributed by atoms with Gasteiger partial charge in [-0.15, -0.1) is 0 Å². The van der Waals surface area contributed by atoms with Gasteiger partial charge in [0.15, 0.2) is 0 Å². The monoisotopic (exact) mass is 382 g/mol. The number of aryl methyl sites for hydroxylation is 1. The SMILES string of the molecule is Cc1ccc(C(C)(C)C)c(O)c1.Oc1ccc(Sc2ccc(O)cc2)cc1. The Labute approximate surface area is 165 Å². The van der Waals surface area contributed by atoms with E-state index in [4.69, 9.17) is 10.2 Å². The van der Waals surface area contributed by atoms with Gasteiger partial charge in [0.1, 0.15) is 17.2 Å². The van der Waals surface area contributed by atoms with Crippen LogP contribution in [0.5, 0.6) is 17.2 Å². The van der Waals surface area contributed by atoms with Crippen molar-refractivity contribution in [3.05, 3.63) is 77.9 Å². The zero-order chi connectivity index (χ0) is 20.0. The van der Waals surface area contributed by atoms with Crippen LogP contribution in [0.1, 0.15) is 31.9 Å². The van der Waals surface area contributed by atoms with Crippen LogP contribution < -0.4 is 0 Å². The third kappa shape index (κ3) is 6.57. The Hall–Kier alpha value is -2.59. The molecule has 0 bridgehead atoms. The number of hydrogen-bond acceptors (Lipinski definition) is 4. The van der Waals surface area contributed by atoms with Gasteiger partial charge >= 0.3 is 0 Å². The standard InChI is InChI=1S/C12H10O2S.C11H16O/c13-9-1-5-11(6-2-9)15-12-7-3-10(14)4-8-12;1-8-5-6-9(10(12)7-8)11(2,3)4/h1-8,13-14H;5-7,12H,1-4H3. The van der Waals surface area contributed by atoms with Gasteiger partial charge in [0.2, 0.25) is 0 Å². The second kappa shape index (κ2) is 8.87. The average molecular weight is 383 g/mol. The summed E-state index contributed by atoms with van der Waals surface area (Å²) in [5, 5.41) is 27.9. The first-order valence-corrected chi connectivity index (χ1v) is 9.53. The molecule has 0 aliphatic rings. The van der Waals surface area contributed by atoms with Gasteiger partial charge in [-0.2, -0.15) is 0 Å². The molecular weight excluding hydrogens is 356 g/mol. The van der Waals surface area contributed by atoms with Crippen molar-refractivity contribution in [3.8, 4) is 17.2 Å². The fourth-order valence-corrected chi connectivity index (χ4v) is 3.26. The molecule has 0 aromatic heterocycles. The van der Waals surface area contributed by atoms with Crippen LogP contribution in [0.3, 0.4) is 0 Å². The number of phenols is 3. The van der Waals surface area contributed by atoms with Crippen molar-refractivity contribution in [1.82, 2.24) is 0 Å². The molecule has 0 unspecified atom stereocenters. The maximum atomic E-state index is 9.63. The zero-order valence-electron chi connectivity index (χ0n) is 16.1. The summed E-state index contributed by atoms with van der Waals surface area (Å²) in [4.78, 5) is 2.11. The van der Waals surface area contributed by atoms with Crippen molar-refractivity contribution in [2.75, 3.05) is 0 Å². The Morgan fingerprint density at radius 3 is 1.48 bits per heavy atom. The Kier molecular flexibility index (Phi) is 6.81. The quantitative estimate of drug-likeness (QED) is 0.490.